The van der Waals surface area contributed by atoms with Gasteiger partial charge >= 0.3 is 5.97 Å². The second-order valence-corrected chi connectivity index (χ2v) is 7.11. The molecule has 0 atom stereocenters. The van der Waals surface area contributed by atoms with Gasteiger partial charge in [0.2, 0.25) is 0 Å². The first-order valence-electron chi connectivity index (χ1n) is 9.05. The molecule has 7 heteroatoms. The highest BCUT2D eigenvalue weighted by molar-refractivity contribution is 7.16. The van der Waals surface area contributed by atoms with Gasteiger partial charge in [0.25, 0.3) is 0 Å². The Balaban J connectivity index is 0.00000109. The zero-order valence-corrected chi connectivity index (χ0v) is 17.0. The van der Waals surface area contributed by atoms with Crippen LogP contribution in [0.3, 0.4) is 0 Å². The highest BCUT2D eigenvalue weighted by Crippen LogP contribution is 2.34. The summed E-state index contributed by atoms with van der Waals surface area (Å²) in [6.07, 6.45) is 1.99. The van der Waals surface area contributed by atoms with E-state index in [4.69, 9.17) is 10.1 Å². The van der Waals surface area contributed by atoms with Crippen molar-refractivity contribution in [1.29, 1.82) is 0 Å². The van der Waals surface area contributed by atoms with Crippen molar-refractivity contribution >= 4 is 33.8 Å². The van der Waals surface area contributed by atoms with Crippen molar-refractivity contribution in [3.8, 4) is 11.4 Å². The number of aromatic carboxylic acids is 1. The number of carboxylic acids is 1. The van der Waals surface area contributed by atoms with Crippen molar-refractivity contribution in [2.24, 2.45) is 0 Å². The van der Waals surface area contributed by atoms with Crippen molar-refractivity contribution in [3.05, 3.63) is 64.8 Å². The zero-order chi connectivity index (χ0) is 20.3. The summed E-state index contributed by atoms with van der Waals surface area (Å²) >= 11 is 1.56. The van der Waals surface area contributed by atoms with Gasteiger partial charge in [0.1, 0.15) is 11.3 Å². The van der Waals surface area contributed by atoms with Gasteiger partial charge in [0.05, 0.1) is 17.0 Å². The summed E-state index contributed by atoms with van der Waals surface area (Å²) in [7, 11) is 0. The Morgan fingerprint density at radius 3 is 2.46 bits per heavy atom. The Hall–Kier alpha value is -3.19. The standard InChI is InChI=1S/C19H16N4O2S.C2H6/c1-11-17(23-10-4-3-5-15(23)20-11)16-12(2)26-19(22-16)21-14-8-6-13(7-9-14)18(24)25;1-2/h3-10H,1-2H3,(H,21,22)(H,24,25);1-2H3. The normalized spacial score (nSPS) is 10.4. The lowest BCUT2D eigenvalue weighted by atomic mass is 10.2. The van der Waals surface area contributed by atoms with Crippen LogP contribution in [0.15, 0.2) is 48.7 Å². The predicted octanol–water partition coefficient (Wildman–Crippen LogP) is 5.54. The van der Waals surface area contributed by atoms with Gasteiger partial charge in [-0.2, -0.15) is 0 Å². The Morgan fingerprint density at radius 1 is 1.07 bits per heavy atom. The number of fused-ring (bicyclic) bond motifs is 1. The molecule has 0 fully saturated rings. The molecule has 28 heavy (non-hydrogen) atoms. The molecule has 4 aromatic rings. The number of carbonyl (C=O) groups is 1. The van der Waals surface area contributed by atoms with Crippen LogP contribution in [0, 0.1) is 13.8 Å². The van der Waals surface area contributed by atoms with Crippen molar-refractivity contribution < 1.29 is 9.90 Å². The summed E-state index contributed by atoms with van der Waals surface area (Å²) in [6, 6.07) is 12.5. The Kier molecular flexibility index (Phi) is 5.75. The third kappa shape index (κ3) is 3.75. The van der Waals surface area contributed by atoms with E-state index in [1.807, 2.05) is 56.5 Å². The minimum atomic E-state index is -0.938. The number of imidazole rings is 1. The smallest absolute Gasteiger partial charge is 0.335 e. The molecule has 1 aromatic carbocycles. The zero-order valence-electron chi connectivity index (χ0n) is 16.2. The van der Waals surface area contributed by atoms with E-state index < -0.39 is 5.97 Å². The van der Waals surface area contributed by atoms with Gasteiger partial charge in [0.15, 0.2) is 5.13 Å². The van der Waals surface area contributed by atoms with Gasteiger partial charge in [-0.05, 0) is 50.2 Å². The largest absolute Gasteiger partial charge is 0.478 e. The number of hydrogen-bond donors (Lipinski definition) is 2. The number of anilines is 2. The van der Waals surface area contributed by atoms with Crippen LogP contribution in [0.25, 0.3) is 17.0 Å². The number of aryl methyl sites for hydroxylation is 2. The molecule has 0 radical (unpaired) electrons. The lowest BCUT2D eigenvalue weighted by Gasteiger charge is -2.03. The van der Waals surface area contributed by atoms with Crippen molar-refractivity contribution in [2.45, 2.75) is 27.7 Å². The summed E-state index contributed by atoms with van der Waals surface area (Å²) in [6.45, 7) is 8.02. The third-order valence-corrected chi connectivity index (χ3v) is 4.99. The minimum Gasteiger partial charge on any atom is -0.478 e. The number of rotatable bonds is 4. The SMILES string of the molecule is CC.Cc1nc2ccccn2c1-c1nc(Nc2ccc(C(=O)O)cc2)sc1C. The van der Waals surface area contributed by atoms with E-state index in [1.165, 1.54) is 0 Å². The topological polar surface area (TPSA) is 79.5 Å². The maximum atomic E-state index is 10.9. The molecule has 0 aliphatic heterocycles. The fourth-order valence-electron chi connectivity index (χ4n) is 2.89. The summed E-state index contributed by atoms with van der Waals surface area (Å²) < 4.78 is 2.04. The Morgan fingerprint density at radius 2 is 1.79 bits per heavy atom. The molecule has 6 nitrogen and oxygen atoms in total. The average Bonchev–Trinajstić information content (AvgIpc) is 3.21. The fraction of sp³-hybridized carbons (Fsp3) is 0.190. The Bertz CT molecular complexity index is 1110. The van der Waals surface area contributed by atoms with E-state index in [2.05, 4.69) is 10.3 Å². The van der Waals surface area contributed by atoms with Crippen LogP contribution in [0.1, 0.15) is 34.8 Å². The molecule has 4 rings (SSSR count). The van der Waals surface area contributed by atoms with Crippen LogP contribution in [-0.4, -0.2) is 25.4 Å². The van der Waals surface area contributed by atoms with E-state index in [0.29, 0.717) is 0 Å². The molecule has 3 heterocycles. The van der Waals surface area contributed by atoms with E-state index in [1.54, 1.807) is 35.6 Å². The van der Waals surface area contributed by atoms with Crippen molar-refractivity contribution in [2.75, 3.05) is 5.32 Å². The van der Waals surface area contributed by atoms with Crippen LogP contribution < -0.4 is 5.32 Å². The summed E-state index contributed by atoms with van der Waals surface area (Å²) in [4.78, 5) is 21.4. The Labute approximate surface area is 167 Å². The molecular formula is C21H22N4O2S. The van der Waals surface area contributed by atoms with Gasteiger partial charge in [-0.15, -0.1) is 11.3 Å². The fourth-order valence-corrected chi connectivity index (χ4v) is 3.72. The van der Waals surface area contributed by atoms with E-state index in [0.717, 1.165) is 38.4 Å². The lowest BCUT2D eigenvalue weighted by Crippen LogP contribution is -1.96. The molecule has 2 N–H and O–H groups in total. The number of aromatic nitrogens is 3. The van der Waals surface area contributed by atoms with Crippen LogP contribution in [0.4, 0.5) is 10.8 Å². The highest BCUT2D eigenvalue weighted by Gasteiger charge is 2.17. The number of pyridine rings is 1. The molecule has 0 saturated heterocycles. The first kappa shape index (κ1) is 19.6. The molecular weight excluding hydrogens is 372 g/mol. The first-order valence-corrected chi connectivity index (χ1v) is 9.86. The van der Waals surface area contributed by atoms with Crippen LogP contribution in [-0.2, 0) is 0 Å². The summed E-state index contributed by atoms with van der Waals surface area (Å²) in [5, 5.41) is 13.0. The minimum absolute atomic E-state index is 0.257. The van der Waals surface area contributed by atoms with Gasteiger partial charge in [-0.1, -0.05) is 19.9 Å². The number of benzene rings is 1. The molecule has 0 bridgehead atoms. The second-order valence-electron chi connectivity index (χ2n) is 5.91. The lowest BCUT2D eigenvalue weighted by molar-refractivity contribution is 0.0697. The third-order valence-electron chi connectivity index (χ3n) is 4.11. The van der Waals surface area contributed by atoms with Gasteiger partial charge in [0, 0.05) is 16.8 Å². The molecule has 3 aromatic heterocycles. The van der Waals surface area contributed by atoms with E-state index in [-0.39, 0.29) is 5.56 Å². The molecule has 0 saturated carbocycles. The molecule has 144 valence electrons. The maximum absolute atomic E-state index is 10.9. The number of thiazole rings is 1. The van der Waals surface area contributed by atoms with E-state index in [9.17, 15) is 4.79 Å². The summed E-state index contributed by atoms with van der Waals surface area (Å²) in [5.74, 6) is -0.938. The van der Waals surface area contributed by atoms with Gasteiger partial charge in [-0.25, -0.2) is 14.8 Å². The quantitative estimate of drug-likeness (QED) is 0.475. The van der Waals surface area contributed by atoms with Gasteiger partial charge in [-0.3, -0.25) is 4.40 Å². The van der Waals surface area contributed by atoms with Gasteiger partial charge < -0.3 is 10.4 Å². The molecule has 0 aliphatic rings. The maximum Gasteiger partial charge on any atom is 0.335 e. The molecule has 0 aliphatic carbocycles. The predicted molar refractivity (Wildman–Crippen MR) is 114 cm³/mol. The van der Waals surface area contributed by atoms with Crippen LogP contribution in [0.2, 0.25) is 0 Å². The number of hydrogen-bond acceptors (Lipinski definition) is 5. The second kappa shape index (κ2) is 8.22. The van der Waals surface area contributed by atoms with Crippen molar-refractivity contribution in [3.63, 3.8) is 0 Å². The molecule has 0 amide bonds. The number of nitrogens with one attached hydrogen (secondary N) is 1. The van der Waals surface area contributed by atoms with Crippen LogP contribution in [0.5, 0.6) is 0 Å². The highest BCUT2D eigenvalue weighted by atomic mass is 32.1. The number of carboxylic acid groups (broad SMARTS) is 1. The monoisotopic (exact) mass is 394 g/mol. The van der Waals surface area contributed by atoms with Crippen LogP contribution >= 0.6 is 11.3 Å². The average molecular weight is 395 g/mol. The van der Waals surface area contributed by atoms with Crippen molar-refractivity contribution in [1.82, 2.24) is 14.4 Å². The molecule has 0 spiro atoms. The number of nitrogens with zero attached hydrogens (tertiary/aromatic N) is 3. The first-order chi connectivity index (χ1) is 13.5. The van der Waals surface area contributed by atoms with E-state index >= 15 is 0 Å². The summed E-state index contributed by atoms with van der Waals surface area (Å²) in [5.41, 5.74) is 4.77. The molecule has 0 unspecified atom stereocenters.